The molecule has 3 aromatic carbocycles. The van der Waals surface area contributed by atoms with Gasteiger partial charge in [-0.2, -0.15) is 0 Å². The van der Waals surface area contributed by atoms with Crippen molar-refractivity contribution < 1.29 is 37.7 Å². The molecule has 12 heteroatoms. The Kier molecular flexibility index (Phi) is 7.92. The van der Waals surface area contributed by atoms with Crippen LogP contribution in [0.1, 0.15) is 41.5 Å². The van der Waals surface area contributed by atoms with Crippen molar-refractivity contribution in [3.8, 4) is 23.0 Å². The van der Waals surface area contributed by atoms with Gasteiger partial charge in [-0.15, -0.1) is 0 Å². The summed E-state index contributed by atoms with van der Waals surface area (Å²) in [6, 6.07) is 16.7. The summed E-state index contributed by atoms with van der Waals surface area (Å²) in [7, 11) is -4.14. The lowest BCUT2D eigenvalue weighted by Crippen LogP contribution is -2.38. The highest BCUT2D eigenvalue weighted by molar-refractivity contribution is 7.75. The zero-order valence-corrected chi connectivity index (χ0v) is 27.9. The number of fused-ring (bicyclic) bond motifs is 2. The summed E-state index contributed by atoms with van der Waals surface area (Å²) in [4.78, 5) is 27.7. The SMILES string of the molecule is COc1cccc2c1[P@@](=O)(C(C)(C)C)[C@H](C(=O)Nc1ccccc1NC(=O)[C@@H]1Oc3cccc(OC)c3[P@@]1(=O)C(C)(C)C)O2. The number of ether oxygens (including phenoxy) is 4. The van der Waals surface area contributed by atoms with Gasteiger partial charge >= 0.3 is 0 Å². The molecule has 5 rings (SSSR count). The number of anilines is 2. The van der Waals surface area contributed by atoms with Crippen LogP contribution in [0.3, 0.4) is 0 Å². The minimum absolute atomic E-state index is 0.247. The van der Waals surface area contributed by atoms with Gasteiger partial charge in [-0.25, -0.2) is 0 Å². The number of carbonyl (C=O) groups excluding carboxylic acids is 2. The molecule has 0 spiro atoms. The molecular weight excluding hydrogens is 602 g/mol. The van der Waals surface area contributed by atoms with Crippen LogP contribution in [0.2, 0.25) is 0 Å². The van der Waals surface area contributed by atoms with Crippen LogP contribution < -0.4 is 40.2 Å². The number of para-hydroxylation sites is 2. The number of rotatable bonds is 6. The van der Waals surface area contributed by atoms with E-state index in [9.17, 15) is 18.7 Å². The van der Waals surface area contributed by atoms with E-state index in [1.807, 2.05) is 0 Å². The fraction of sp³-hybridized carbons (Fsp3) is 0.375. The summed E-state index contributed by atoms with van der Waals surface area (Å²) >= 11 is 0. The van der Waals surface area contributed by atoms with Gasteiger partial charge in [0, 0.05) is 10.3 Å². The van der Waals surface area contributed by atoms with E-state index in [0.717, 1.165) is 0 Å². The number of carbonyl (C=O) groups is 2. The Labute approximate surface area is 257 Å². The molecule has 0 aliphatic carbocycles. The van der Waals surface area contributed by atoms with Gasteiger partial charge in [0.05, 0.1) is 25.6 Å². The quantitative estimate of drug-likeness (QED) is 0.315. The minimum atomic E-state index is -3.55. The maximum absolute atomic E-state index is 14.8. The predicted molar refractivity (Wildman–Crippen MR) is 173 cm³/mol. The third kappa shape index (κ3) is 4.79. The van der Waals surface area contributed by atoms with Crippen LogP contribution in [0.4, 0.5) is 11.4 Å². The van der Waals surface area contributed by atoms with Crippen molar-refractivity contribution in [2.45, 2.75) is 63.5 Å². The average molecular weight is 641 g/mol. The highest BCUT2D eigenvalue weighted by atomic mass is 31.2. The van der Waals surface area contributed by atoms with Gasteiger partial charge < -0.3 is 38.7 Å². The molecule has 0 bridgehead atoms. The molecular formula is C32H38N2O8P2. The Morgan fingerprint density at radius 3 is 1.32 bits per heavy atom. The van der Waals surface area contributed by atoms with Crippen LogP contribution in [-0.2, 0) is 18.7 Å². The lowest BCUT2D eigenvalue weighted by molar-refractivity contribution is -0.120. The second kappa shape index (κ2) is 11.0. The lowest BCUT2D eigenvalue weighted by atomic mass is 10.2. The Bertz CT molecular complexity index is 1610. The maximum atomic E-state index is 14.8. The molecule has 0 radical (unpaired) electrons. The van der Waals surface area contributed by atoms with E-state index in [1.54, 1.807) is 102 Å². The largest absolute Gasteiger partial charge is 0.496 e. The molecule has 0 saturated carbocycles. The van der Waals surface area contributed by atoms with E-state index >= 15 is 0 Å². The molecule has 44 heavy (non-hydrogen) atoms. The minimum Gasteiger partial charge on any atom is -0.496 e. The monoisotopic (exact) mass is 640 g/mol. The van der Waals surface area contributed by atoms with Crippen LogP contribution in [0.15, 0.2) is 60.7 Å². The Morgan fingerprint density at radius 1 is 0.636 bits per heavy atom. The first kappa shape index (κ1) is 31.7. The summed E-state index contributed by atoms with van der Waals surface area (Å²) in [5.74, 6) is -2.51. The van der Waals surface area contributed by atoms with Crippen molar-refractivity contribution in [1.29, 1.82) is 0 Å². The van der Waals surface area contributed by atoms with Crippen molar-refractivity contribution in [3.05, 3.63) is 60.7 Å². The molecule has 3 aromatic rings. The maximum Gasteiger partial charge on any atom is 0.273 e. The number of hydrogen-bond donors (Lipinski definition) is 2. The summed E-state index contributed by atoms with van der Waals surface area (Å²) < 4.78 is 52.6. The standard InChI is InChI=1S/C32H38N2O8P2/c1-31(2,3)43(37)25-21(39-7)15-11-17-23(25)41-29(43)27(35)33-19-13-9-10-14-20(19)34-28(36)30-42-24-18-12-16-22(40-8)26(24)44(30,38)32(4,5)6/h9-18,29-30H,1-8H3,(H,33,35)(H,34,36)/t29-,30-,43+,44+/m1/s1. The second-order valence-electron chi connectivity index (χ2n) is 12.7. The van der Waals surface area contributed by atoms with Gasteiger partial charge in [-0.3, -0.25) is 9.59 Å². The van der Waals surface area contributed by atoms with Crippen molar-refractivity contribution in [2.24, 2.45) is 0 Å². The molecule has 0 aromatic heterocycles. The van der Waals surface area contributed by atoms with E-state index in [1.165, 1.54) is 14.2 Å². The number of methoxy groups -OCH3 is 2. The molecule has 10 nitrogen and oxygen atoms in total. The second-order valence-corrected chi connectivity index (χ2v) is 19.9. The van der Waals surface area contributed by atoms with Crippen molar-refractivity contribution in [1.82, 2.24) is 0 Å². The highest BCUT2D eigenvalue weighted by Crippen LogP contribution is 2.68. The molecule has 4 atom stereocenters. The van der Waals surface area contributed by atoms with E-state index in [0.29, 0.717) is 33.6 Å². The fourth-order valence-electron chi connectivity index (χ4n) is 5.70. The van der Waals surface area contributed by atoms with Crippen LogP contribution in [0.5, 0.6) is 23.0 Å². The molecule has 2 N–H and O–H groups in total. The van der Waals surface area contributed by atoms with E-state index in [-0.39, 0.29) is 11.4 Å². The molecule has 2 amide bonds. The smallest absolute Gasteiger partial charge is 0.273 e. The van der Waals surface area contributed by atoms with Crippen LogP contribution in [0.25, 0.3) is 0 Å². The molecule has 0 saturated heterocycles. The molecule has 2 aliphatic rings. The zero-order chi connectivity index (χ0) is 32.2. The van der Waals surface area contributed by atoms with Crippen LogP contribution in [-0.4, -0.2) is 48.0 Å². The van der Waals surface area contributed by atoms with Gasteiger partial charge in [0.15, 0.2) is 14.3 Å². The van der Waals surface area contributed by atoms with Gasteiger partial charge in [0.25, 0.3) is 11.8 Å². The topological polar surface area (TPSA) is 129 Å². The molecule has 2 heterocycles. The normalized spacial score (nSPS) is 23.9. The van der Waals surface area contributed by atoms with Gasteiger partial charge in [0.1, 0.15) is 33.6 Å². The predicted octanol–water partition coefficient (Wildman–Crippen LogP) is 5.99. The van der Waals surface area contributed by atoms with Gasteiger partial charge in [0.2, 0.25) is 11.7 Å². The summed E-state index contributed by atoms with van der Waals surface area (Å²) in [5.41, 5.74) is 0.494. The molecule has 2 aliphatic heterocycles. The Hall–Kier alpha value is -3.74. The first-order valence-electron chi connectivity index (χ1n) is 14.2. The van der Waals surface area contributed by atoms with E-state index in [2.05, 4.69) is 10.6 Å². The first-order chi connectivity index (χ1) is 20.6. The lowest BCUT2D eigenvalue weighted by Gasteiger charge is -2.32. The van der Waals surface area contributed by atoms with Crippen molar-refractivity contribution in [3.63, 3.8) is 0 Å². The van der Waals surface area contributed by atoms with Gasteiger partial charge in [-0.05, 0) is 36.4 Å². The summed E-state index contributed by atoms with van der Waals surface area (Å²) in [6.07, 6.45) is 0. The first-order valence-corrected chi connectivity index (χ1v) is 17.7. The molecule has 234 valence electrons. The summed E-state index contributed by atoms with van der Waals surface area (Å²) in [6.45, 7) is 10.8. The van der Waals surface area contributed by atoms with Gasteiger partial charge in [-0.1, -0.05) is 65.8 Å². The zero-order valence-electron chi connectivity index (χ0n) is 26.1. The number of benzene rings is 3. The highest BCUT2D eigenvalue weighted by Gasteiger charge is 2.58. The van der Waals surface area contributed by atoms with E-state index in [4.69, 9.17) is 18.9 Å². The molecule has 0 fully saturated rings. The third-order valence-corrected chi connectivity index (χ3v) is 16.2. The number of nitrogens with one attached hydrogen (secondary N) is 2. The number of amides is 2. The van der Waals surface area contributed by atoms with Crippen LogP contribution in [0, 0.1) is 0 Å². The van der Waals surface area contributed by atoms with Crippen molar-refractivity contribution in [2.75, 3.05) is 24.9 Å². The average Bonchev–Trinajstić information content (AvgIpc) is 3.47. The Morgan fingerprint density at radius 2 is 1.00 bits per heavy atom. The van der Waals surface area contributed by atoms with Crippen LogP contribution >= 0.6 is 14.3 Å². The third-order valence-electron chi connectivity index (χ3n) is 8.05. The Balaban J connectivity index is 1.46. The molecule has 0 unspecified atom stereocenters. The summed E-state index contributed by atoms with van der Waals surface area (Å²) in [5, 5.41) is 4.73. The fourth-order valence-corrected chi connectivity index (χ4v) is 12.1. The number of hydrogen-bond acceptors (Lipinski definition) is 8. The van der Waals surface area contributed by atoms with Crippen molar-refractivity contribution >= 4 is 48.1 Å². The van der Waals surface area contributed by atoms with E-state index < -0.39 is 48.1 Å².